The van der Waals surface area contributed by atoms with E-state index < -0.39 is 11.7 Å². The number of benzene rings is 2. The number of anilines is 1. The number of rotatable bonds is 6. The van der Waals surface area contributed by atoms with E-state index in [0.717, 1.165) is 11.3 Å². The first-order chi connectivity index (χ1) is 10.6. The number of halogens is 1. The Balaban J connectivity index is 1.88. The molecule has 0 unspecified atom stereocenters. The first-order valence-electron chi connectivity index (χ1n) is 7.00. The quantitative estimate of drug-likeness (QED) is 0.887. The zero-order valence-electron chi connectivity index (χ0n) is 12.6. The largest absolute Gasteiger partial charge is 0.494 e. The van der Waals surface area contributed by atoms with Gasteiger partial charge in [0.1, 0.15) is 17.3 Å². The Morgan fingerprint density at radius 3 is 2.36 bits per heavy atom. The summed E-state index contributed by atoms with van der Waals surface area (Å²) in [5.74, 6) is 0.392. The zero-order chi connectivity index (χ0) is 15.9. The van der Waals surface area contributed by atoms with E-state index in [2.05, 4.69) is 5.32 Å². The van der Waals surface area contributed by atoms with Gasteiger partial charge in [-0.1, -0.05) is 6.07 Å². The van der Waals surface area contributed by atoms with Crippen molar-refractivity contribution in [2.45, 2.75) is 13.8 Å². The molecule has 0 aliphatic rings. The maximum Gasteiger partial charge on any atom is 0.262 e. The summed E-state index contributed by atoms with van der Waals surface area (Å²) in [6, 6.07) is 11.5. The van der Waals surface area contributed by atoms with E-state index in [-0.39, 0.29) is 12.3 Å². The molecule has 0 heterocycles. The van der Waals surface area contributed by atoms with Crippen LogP contribution in [0.25, 0.3) is 0 Å². The molecule has 0 radical (unpaired) electrons. The molecule has 0 atom stereocenters. The van der Waals surface area contributed by atoms with E-state index in [1.165, 1.54) is 6.07 Å². The zero-order valence-corrected chi connectivity index (χ0v) is 12.6. The molecule has 0 saturated heterocycles. The highest BCUT2D eigenvalue weighted by molar-refractivity contribution is 5.92. The van der Waals surface area contributed by atoms with Crippen molar-refractivity contribution < 1.29 is 18.7 Å². The highest BCUT2D eigenvalue weighted by Gasteiger charge is 2.08. The Labute approximate surface area is 128 Å². The van der Waals surface area contributed by atoms with Gasteiger partial charge in [-0.25, -0.2) is 4.39 Å². The molecule has 2 aromatic rings. The van der Waals surface area contributed by atoms with Crippen molar-refractivity contribution in [3.05, 3.63) is 53.8 Å². The summed E-state index contributed by atoms with van der Waals surface area (Å²) in [5, 5.41) is 2.49. The van der Waals surface area contributed by atoms with Crippen LogP contribution < -0.4 is 14.8 Å². The van der Waals surface area contributed by atoms with Crippen molar-refractivity contribution in [1.82, 2.24) is 0 Å². The summed E-state index contributed by atoms with van der Waals surface area (Å²) >= 11 is 0. The second kappa shape index (κ2) is 7.45. The number of amides is 1. The highest BCUT2D eigenvalue weighted by atomic mass is 19.1. The van der Waals surface area contributed by atoms with E-state index in [4.69, 9.17) is 9.47 Å². The van der Waals surface area contributed by atoms with Crippen LogP contribution in [0.4, 0.5) is 10.1 Å². The molecule has 1 N–H and O–H groups in total. The van der Waals surface area contributed by atoms with Gasteiger partial charge in [0.25, 0.3) is 5.91 Å². The smallest absolute Gasteiger partial charge is 0.262 e. The number of hydrogen-bond acceptors (Lipinski definition) is 3. The van der Waals surface area contributed by atoms with Gasteiger partial charge in [-0.05, 0) is 55.8 Å². The number of carbonyl (C=O) groups is 1. The number of hydrogen-bond donors (Lipinski definition) is 1. The lowest BCUT2D eigenvalue weighted by Gasteiger charge is -2.09. The molecule has 0 spiro atoms. The normalized spacial score (nSPS) is 10.1. The molecule has 0 aromatic heterocycles. The van der Waals surface area contributed by atoms with Gasteiger partial charge in [-0.2, -0.15) is 0 Å². The number of nitrogens with one attached hydrogen (secondary N) is 1. The molecular weight excluding hydrogens is 285 g/mol. The van der Waals surface area contributed by atoms with Crippen LogP contribution in [0.2, 0.25) is 0 Å². The fourth-order valence-electron chi connectivity index (χ4n) is 1.87. The minimum Gasteiger partial charge on any atom is -0.494 e. The number of ether oxygens (including phenoxy) is 2. The third kappa shape index (κ3) is 4.48. The maximum atomic E-state index is 13.5. The van der Waals surface area contributed by atoms with Crippen LogP contribution in [0.5, 0.6) is 11.5 Å². The van der Waals surface area contributed by atoms with E-state index in [0.29, 0.717) is 12.4 Å². The van der Waals surface area contributed by atoms with Crippen molar-refractivity contribution >= 4 is 11.6 Å². The summed E-state index contributed by atoms with van der Waals surface area (Å²) in [6.07, 6.45) is 0. The monoisotopic (exact) mass is 303 g/mol. The van der Waals surface area contributed by atoms with Gasteiger partial charge < -0.3 is 14.8 Å². The van der Waals surface area contributed by atoms with Crippen LogP contribution in [0, 0.1) is 12.7 Å². The fraction of sp³-hybridized carbons (Fsp3) is 0.235. The predicted octanol–water partition coefficient (Wildman–Crippen LogP) is 3.55. The Bertz CT molecular complexity index is 641. The first kappa shape index (κ1) is 15.8. The van der Waals surface area contributed by atoms with E-state index in [1.54, 1.807) is 36.4 Å². The summed E-state index contributed by atoms with van der Waals surface area (Å²) in [4.78, 5) is 11.8. The molecule has 0 aliphatic heterocycles. The molecule has 116 valence electrons. The van der Waals surface area contributed by atoms with Gasteiger partial charge >= 0.3 is 0 Å². The lowest BCUT2D eigenvalue weighted by atomic mass is 10.2. The molecule has 2 aromatic carbocycles. The van der Waals surface area contributed by atoms with Crippen molar-refractivity contribution in [1.29, 1.82) is 0 Å². The molecule has 0 saturated carbocycles. The average Bonchev–Trinajstić information content (AvgIpc) is 2.51. The Hall–Kier alpha value is -2.56. The topological polar surface area (TPSA) is 47.6 Å². The Morgan fingerprint density at radius 1 is 1.09 bits per heavy atom. The minimum atomic E-state index is -0.472. The third-order valence-corrected chi connectivity index (χ3v) is 2.90. The second-order valence-corrected chi connectivity index (χ2v) is 4.72. The molecule has 4 nitrogen and oxygen atoms in total. The minimum absolute atomic E-state index is 0.153. The number of carbonyl (C=O) groups excluding carboxylic acids is 1. The summed E-state index contributed by atoms with van der Waals surface area (Å²) in [5.41, 5.74) is 1.02. The predicted molar refractivity (Wildman–Crippen MR) is 82.9 cm³/mol. The molecule has 2 rings (SSSR count). The standard InChI is InChI=1S/C17H18FNO3/c1-3-21-13-5-7-14(8-6-13)22-11-17(20)19-16-10-12(2)4-9-15(16)18/h4-10H,3,11H2,1-2H3,(H,19,20). The van der Waals surface area contributed by atoms with Gasteiger partial charge in [-0.15, -0.1) is 0 Å². The molecule has 5 heteroatoms. The second-order valence-electron chi connectivity index (χ2n) is 4.72. The van der Waals surface area contributed by atoms with Gasteiger partial charge in [0.05, 0.1) is 12.3 Å². The third-order valence-electron chi connectivity index (χ3n) is 2.90. The van der Waals surface area contributed by atoms with Gasteiger partial charge in [0.2, 0.25) is 0 Å². The van der Waals surface area contributed by atoms with Crippen LogP contribution in [0.3, 0.4) is 0 Å². The SMILES string of the molecule is CCOc1ccc(OCC(=O)Nc2cc(C)ccc2F)cc1. The lowest BCUT2D eigenvalue weighted by molar-refractivity contribution is -0.118. The van der Waals surface area contributed by atoms with Crippen molar-refractivity contribution in [3.63, 3.8) is 0 Å². The maximum absolute atomic E-state index is 13.5. The van der Waals surface area contributed by atoms with Gasteiger partial charge in [-0.3, -0.25) is 4.79 Å². The van der Waals surface area contributed by atoms with Crippen molar-refractivity contribution in [3.8, 4) is 11.5 Å². The molecule has 0 fully saturated rings. The van der Waals surface area contributed by atoms with Crippen LogP contribution >= 0.6 is 0 Å². The first-order valence-corrected chi connectivity index (χ1v) is 7.00. The molecule has 0 bridgehead atoms. The van der Waals surface area contributed by atoms with Crippen molar-refractivity contribution in [2.24, 2.45) is 0 Å². The van der Waals surface area contributed by atoms with E-state index >= 15 is 0 Å². The van der Waals surface area contributed by atoms with Gasteiger partial charge in [0.15, 0.2) is 6.61 Å². The molecule has 1 amide bonds. The summed E-state index contributed by atoms with van der Waals surface area (Å²) in [7, 11) is 0. The summed E-state index contributed by atoms with van der Waals surface area (Å²) in [6.45, 7) is 4.12. The molecular formula is C17H18FNO3. The van der Waals surface area contributed by atoms with E-state index in [9.17, 15) is 9.18 Å². The molecule has 22 heavy (non-hydrogen) atoms. The molecule has 0 aliphatic carbocycles. The average molecular weight is 303 g/mol. The van der Waals surface area contributed by atoms with Gasteiger partial charge in [0, 0.05) is 0 Å². The Morgan fingerprint density at radius 2 is 1.73 bits per heavy atom. The van der Waals surface area contributed by atoms with Crippen molar-refractivity contribution in [2.75, 3.05) is 18.5 Å². The van der Waals surface area contributed by atoms with Crippen LogP contribution in [0.1, 0.15) is 12.5 Å². The van der Waals surface area contributed by atoms with Crippen LogP contribution in [-0.4, -0.2) is 19.1 Å². The lowest BCUT2D eigenvalue weighted by Crippen LogP contribution is -2.20. The fourth-order valence-corrected chi connectivity index (χ4v) is 1.87. The summed E-state index contributed by atoms with van der Waals surface area (Å²) < 4.78 is 24.2. The Kier molecular flexibility index (Phi) is 5.36. The highest BCUT2D eigenvalue weighted by Crippen LogP contribution is 2.18. The number of aryl methyl sites for hydroxylation is 1. The van der Waals surface area contributed by atoms with Crippen LogP contribution in [0.15, 0.2) is 42.5 Å². The van der Waals surface area contributed by atoms with E-state index in [1.807, 2.05) is 13.8 Å². The van der Waals surface area contributed by atoms with Crippen LogP contribution in [-0.2, 0) is 4.79 Å².